The minimum absolute atomic E-state index is 0.0632. The van der Waals surface area contributed by atoms with Crippen molar-refractivity contribution in [3.8, 4) is 22.3 Å². The van der Waals surface area contributed by atoms with E-state index < -0.39 is 0 Å². The molecular formula is C26H17BN2S2. The molecule has 146 valence electrons. The molecule has 2 aliphatic heterocycles. The molecule has 0 saturated carbocycles. The number of rotatable bonds is 2. The highest BCUT2D eigenvalue weighted by atomic mass is 32.1. The van der Waals surface area contributed by atoms with E-state index in [1.807, 2.05) is 22.7 Å². The number of benzene rings is 3. The molecule has 0 bridgehead atoms. The second kappa shape index (κ2) is 6.61. The van der Waals surface area contributed by atoms with E-state index in [0.717, 1.165) is 0 Å². The molecular weight excluding hydrogens is 415 g/mol. The van der Waals surface area contributed by atoms with Gasteiger partial charge >= 0.3 is 6.98 Å². The third kappa shape index (κ3) is 2.39. The Bertz CT molecular complexity index is 1300. The van der Waals surface area contributed by atoms with E-state index in [1.165, 1.54) is 49.1 Å². The summed E-state index contributed by atoms with van der Waals surface area (Å²) in [6, 6.07) is 33.0. The lowest BCUT2D eigenvalue weighted by Crippen LogP contribution is -2.61. The molecule has 5 heteroatoms. The second-order valence-electron chi connectivity index (χ2n) is 7.83. The molecule has 0 spiro atoms. The summed E-state index contributed by atoms with van der Waals surface area (Å²) in [5.74, 6) is 0. The van der Waals surface area contributed by atoms with Crippen LogP contribution in [0.2, 0.25) is 0 Å². The van der Waals surface area contributed by atoms with E-state index in [-0.39, 0.29) is 6.98 Å². The highest BCUT2D eigenvalue weighted by molar-refractivity contribution is 7.18. The van der Waals surface area contributed by atoms with Crippen molar-refractivity contribution in [2.75, 3.05) is 9.62 Å². The van der Waals surface area contributed by atoms with Gasteiger partial charge in [0.05, 0.1) is 10.0 Å². The van der Waals surface area contributed by atoms with Crippen molar-refractivity contribution >= 4 is 56.5 Å². The zero-order valence-electron chi connectivity index (χ0n) is 16.6. The van der Waals surface area contributed by atoms with Crippen molar-refractivity contribution in [1.29, 1.82) is 0 Å². The van der Waals surface area contributed by atoms with Crippen molar-refractivity contribution in [3.63, 3.8) is 0 Å². The zero-order valence-corrected chi connectivity index (χ0v) is 18.2. The molecule has 2 nitrogen and oxygen atoms in total. The first kappa shape index (κ1) is 17.4. The maximum atomic E-state index is 2.53. The van der Waals surface area contributed by atoms with Crippen LogP contribution in [0.4, 0.5) is 21.4 Å². The Balaban J connectivity index is 1.60. The quantitative estimate of drug-likeness (QED) is 0.274. The number of thiophene rings is 2. The third-order valence-electron chi connectivity index (χ3n) is 6.23. The van der Waals surface area contributed by atoms with Crippen LogP contribution in [0.15, 0.2) is 102 Å². The van der Waals surface area contributed by atoms with Gasteiger partial charge in [-0.1, -0.05) is 54.6 Å². The summed E-state index contributed by atoms with van der Waals surface area (Å²) >= 11 is 3.65. The minimum atomic E-state index is 0.0632. The molecule has 0 N–H and O–H groups in total. The lowest BCUT2D eigenvalue weighted by molar-refractivity contribution is 1.30. The molecule has 7 rings (SSSR count). The lowest BCUT2D eigenvalue weighted by atomic mass is 9.55. The van der Waals surface area contributed by atoms with Gasteiger partial charge in [0.25, 0.3) is 0 Å². The van der Waals surface area contributed by atoms with Crippen LogP contribution in [0, 0.1) is 0 Å². The fraction of sp³-hybridized carbons (Fsp3) is 0. The summed E-state index contributed by atoms with van der Waals surface area (Å²) in [7, 11) is 0. The fourth-order valence-corrected chi connectivity index (χ4v) is 6.90. The van der Waals surface area contributed by atoms with Crippen LogP contribution in [0.1, 0.15) is 0 Å². The molecule has 0 saturated heterocycles. The normalized spacial score (nSPS) is 13.6. The molecule has 2 aliphatic rings. The fourth-order valence-electron chi connectivity index (χ4n) is 4.99. The van der Waals surface area contributed by atoms with E-state index in [4.69, 9.17) is 0 Å². The van der Waals surface area contributed by atoms with Crippen molar-refractivity contribution in [3.05, 3.63) is 102 Å². The summed E-state index contributed by atoms with van der Waals surface area (Å²) in [4.78, 5) is 5.06. The van der Waals surface area contributed by atoms with E-state index in [2.05, 4.69) is 111 Å². The summed E-state index contributed by atoms with van der Waals surface area (Å²) in [5, 5.41) is 7.06. The van der Waals surface area contributed by atoms with Crippen LogP contribution in [0.25, 0.3) is 22.3 Å². The first-order valence-corrected chi connectivity index (χ1v) is 12.1. The molecule has 0 atom stereocenters. The van der Waals surface area contributed by atoms with Crippen molar-refractivity contribution < 1.29 is 0 Å². The standard InChI is InChI=1S/C26H17BN2S2/c1-3-8-18(9-4-1)28-25-22(14-16-30-25)20-12-7-13-21-23-15-17-31-26(23)29(27(28)24(20)21)19-10-5-2-6-11-19/h1-17H. The third-order valence-corrected chi connectivity index (χ3v) is 8.05. The van der Waals surface area contributed by atoms with Crippen molar-refractivity contribution in [1.82, 2.24) is 0 Å². The predicted octanol–water partition coefficient (Wildman–Crippen LogP) is 7.14. The summed E-state index contributed by atoms with van der Waals surface area (Å²) in [6.07, 6.45) is 0. The van der Waals surface area contributed by atoms with Crippen LogP contribution < -0.4 is 15.1 Å². The predicted molar refractivity (Wildman–Crippen MR) is 136 cm³/mol. The number of nitrogens with zero attached hydrogens (tertiary/aromatic N) is 2. The molecule has 2 aromatic heterocycles. The van der Waals surface area contributed by atoms with Gasteiger partial charge in [-0.2, -0.15) is 0 Å². The molecule has 0 fully saturated rings. The Kier molecular flexibility index (Phi) is 3.71. The average Bonchev–Trinajstić information content (AvgIpc) is 3.51. The van der Waals surface area contributed by atoms with Crippen LogP contribution in [-0.4, -0.2) is 6.98 Å². The summed E-state index contributed by atoms with van der Waals surface area (Å²) < 4.78 is 0. The Morgan fingerprint density at radius 3 is 1.45 bits per heavy atom. The SMILES string of the molecule is c1ccc(N2B3c4c(cccc4-c4ccsc4N3c3ccccc3)-c3ccsc32)cc1. The van der Waals surface area contributed by atoms with Gasteiger partial charge in [0, 0.05) is 22.5 Å². The van der Waals surface area contributed by atoms with Crippen LogP contribution >= 0.6 is 22.7 Å². The maximum Gasteiger partial charge on any atom is 0.423 e. The maximum absolute atomic E-state index is 2.53. The van der Waals surface area contributed by atoms with Crippen LogP contribution in [0.3, 0.4) is 0 Å². The van der Waals surface area contributed by atoms with Gasteiger partial charge in [-0.3, -0.25) is 0 Å². The van der Waals surface area contributed by atoms with Gasteiger partial charge in [0.2, 0.25) is 0 Å². The Morgan fingerprint density at radius 2 is 0.968 bits per heavy atom. The average molecular weight is 432 g/mol. The van der Waals surface area contributed by atoms with Gasteiger partial charge in [-0.05, 0) is 63.7 Å². The largest absolute Gasteiger partial charge is 0.423 e. The molecule has 4 heterocycles. The van der Waals surface area contributed by atoms with E-state index >= 15 is 0 Å². The first-order chi connectivity index (χ1) is 15.4. The number of hydrogen-bond donors (Lipinski definition) is 0. The topological polar surface area (TPSA) is 6.48 Å². The van der Waals surface area contributed by atoms with Crippen LogP contribution in [-0.2, 0) is 0 Å². The molecule has 0 amide bonds. The molecule has 0 radical (unpaired) electrons. The Labute approximate surface area is 189 Å². The highest BCUT2D eigenvalue weighted by Gasteiger charge is 2.47. The van der Waals surface area contributed by atoms with Crippen molar-refractivity contribution in [2.24, 2.45) is 0 Å². The Hall–Kier alpha value is -3.28. The van der Waals surface area contributed by atoms with Gasteiger partial charge in [0.15, 0.2) is 0 Å². The van der Waals surface area contributed by atoms with Crippen LogP contribution in [0.5, 0.6) is 0 Å². The molecule has 3 aromatic carbocycles. The zero-order chi connectivity index (χ0) is 20.4. The monoisotopic (exact) mass is 432 g/mol. The van der Waals surface area contributed by atoms with Gasteiger partial charge in [-0.25, -0.2) is 0 Å². The van der Waals surface area contributed by atoms with E-state index in [9.17, 15) is 0 Å². The number of anilines is 4. The number of para-hydroxylation sites is 2. The molecule has 0 aliphatic carbocycles. The molecule has 31 heavy (non-hydrogen) atoms. The van der Waals surface area contributed by atoms with Gasteiger partial charge in [0.1, 0.15) is 0 Å². The molecule has 0 unspecified atom stereocenters. The Morgan fingerprint density at radius 1 is 0.484 bits per heavy atom. The summed E-state index contributed by atoms with van der Waals surface area (Å²) in [6.45, 7) is 0.0632. The molecule has 5 aromatic rings. The lowest BCUT2D eigenvalue weighted by Gasteiger charge is -2.45. The minimum Gasteiger partial charge on any atom is -0.353 e. The number of hydrogen-bond acceptors (Lipinski definition) is 4. The second-order valence-corrected chi connectivity index (χ2v) is 9.62. The summed E-state index contributed by atoms with van der Waals surface area (Å²) in [5.41, 5.74) is 9.19. The van der Waals surface area contributed by atoms with Gasteiger partial charge < -0.3 is 9.62 Å². The van der Waals surface area contributed by atoms with E-state index in [0.29, 0.717) is 0 Å². The number of fused-ring (bicyclic) bond motifs is 4. The van der Waals surface area contributed by atoms with Gasteiger partial charge in [-0.15, -0.1) is 22.7 Å². The smallest absolute Gasteiger partial charge is 0.353 e. The van der Waals surface area contributed by atoms with Crippen molar-refractivity contribution in [2.45, 2.75) is 0 Å². The highest BCUT2D eigenvalue weighted by Crippen LogP contribution is 2.51. The first-order valence-electron chi connectivity index (χ1n) is 10.4. The van der Waals surface area contributed by atoms with E-state index in [1.54, 1.807) is 0 Å².